The average molecular weight is 276 g/mol. The first-order valence-corrected chi connectivity index (χ1v) is 6.18. The number of rotatable bonds is 6. The molecule has 0 heterocycles. The maximum Gasteiger partial charge on any atom is 0.446 e. The van der Waals surface area contributed by atoms with Gasteiger partial charge in [0.2, 0.25) is 0 Å². The summed E-state index contributed by atoms with van der Waals surface area (Å²) in [6.45, 7) is 4.56. The highest BCUT2D eigenvalue weighted by Crippen LogP contribution is 2.36. The van der Waals surface area contributed by atoms with E-state index in [1.54, 1.807) is 18.2 Å². The van der Waals surface area contributed by atoms with Gasteiger partial charge in [-0.05, 0) is 29.5 Å². The van der Waals surface area contributed by atoms with Crippen LogP contribution >= 0.6 is 11.8 Å². The smallest absolute Gasteiger partial charge is 0.329 e. The molecule has 100 valence electrons. The third-order valence-corrected chi connectivity index (χ3v) is 3.00. The second kappa shape index (κ2) is 6.82. The Hall–Kier alpha value is -0.980. The van der Waals surface area contributed by atoms with Crippen LogP contribution in [0.5, 0.6) is 0 Å². The van der Waals surface area contributed by atoms with Crippen LogP contribution in [0.3, 0.4) is 0 Å². The van der Waals surface area contributed by atoms with Gasteiger partial charge in [0.05, 0.1) is 0 Å². The molecular formula is C12H15F3N2S. The lowest BCUT2D eigenvalue weighted by atomic mass is 10.1. The van der Waals surface area contributed by atoms with Crippen molar-refractivity contribution in [1.82, 2.24) is 5.32 Å². The maximum atomic E-state index is 12.2. The van der Waals surface area contributed by atoms with Crippen LogP contribution in [-0.4, -0.2) is 18.6 Å². The van der Waals surface area contributed by atoms with Gasteiger partial charge in [-0.15, -0.1) is 6.58 Å². The van der Waals surface area contributed by atoms with E-state index in [0.717, 1.165) is 5.56 Å². The van der Waals surface area contributed by atoms with Crippen LogP contribution in [0.2, 0.25) is 0 Å². The molecule has 1 unspecified atom stereocenters. The zero-order valence-electron chi connectivity index (χ0n) is 9.70. The summed E-state index contributed by atoms with van der Waals surface area (Å²) in [5.74, 6) is 0. The summed E-state index contributed by atoms with van der Waals surface area (Å²) in [7, 11) is 0. The SMILES string of the molecule is C=CCNC(CN)c1ccc(SC(F)(F)F)cc1. The maximum absolute atomic E-state index is 12.2. The van der Waals surface area contributed by atoms with Gasteiger partial charge in [0, 0.05) is 24.0 Å². The normalized spacial score (nSPS) is 13.3. The zero-order valence-corrected chi connectivity index (χ0v) is 10.5. The number of benzene rings is 1. The van der Waals surface area contributed by atoms with E-state index in [1.165, 1.54) is 12.1 Å². The van der Waals surface area contributed by atoms with Gasteiger partial charge in [-0.25, -0.2) is 0 Å². The second-order valence-corrected chi connectivity index (χ2v) is 4.74. The van der Waals surface area contributed by atoms with Crippen LogP contribution in [0.1, 0.15) is 11.6 Å². The second-order valence-electron chi connectivity index (χ2n) is 3.60. The van der Waals surface area contributed by atoms with Gasteiger partial charge in [0.15, 0.2) is 0 Å². The van der Waals surface area contributed by atoms with E-state index < -0.39 is 5.51 Å². The minimum absolute atomic E-state index is 0.0760. The van der Waals surface area contributed by atoms with Crippen molar-refractivity contribution >= 4 is 11.8 Å². The van der Waals surface area contributed by atoms with E-state index in [1.807, 2.05) is 0 Å². The molecule has 0 aliphatic rings. The molecular weight excluding hydrogens is 261 g/mol. The van der Waals surface area contributed by atoms with E-state index in [0.29, 0.717) is 13.1 Å². The summed E-state index contributed by atoms with van der Waals surface area (Å²) in [6.07, 6.45) is 1.70. The first kappa shape index (κ1) is 15.1. The van der Waals surface area contributed by atoms with Crippen LogP contribution in [0.4, 0.5) is 13.2 Å². The molecule has 0 spiro atoms. The molecule has 0 fully saturated rings. The molecule has 0 aliphatic heterocycles. The highest BCUT2D eigenvalue weighted by Gasteiger charge is 2.29. The highest BCUT2D eigenvalue weighted by atomic mass is 32.2. The number of hydrogen-bond donors (Lipinski definition) is 2. The highest BCUT2D eigenvalue weighted by molar-refractivity contribution is 8.00. The van der Waals surface area contributed by atoms with E-state index in [2.05, 4.69) is 11.9 Å². The fourth-order valence-electron chi connectivity index (χ4n) is 1.46. The minimum atomic E-state index is -4.25. The topological polar surface area (TPSA) is 38.0 Å². The van der Waals surface area contributed by atoms with Crippen molar-refractivity contribution in [1.29, 1.82) is 0 Å². The molecule has 1 rings (SSSR count). The Bertz CT molecular complexity index is 376. The summed E-state index contributed by atoms with van der Waals surface area (Å²) in [5, 5.41) is 3.13. The number of halogens is 3. The largest absolute Gasteiger partial charge is 0.446 e. The van der Waals surface area contributed by atoms with Crippen molar-refractivity contribution in [2.24, 2.45) is 5.73 Å². The Morgan fingerprint density at radius 2 is 1.94 bits per heavy atom. The molecule has 0 bridgehead atoms. The monoisotopic (exact) mass is 276 g/mol. The summed E-state index contributed by atoms with van der Waals surface area (Å²) in [5.41, 5.74) is 2.22. The number of nitrogens with two attached hydrogens (primary N) is 1. The van der Waals surface area contributed by atoms with E-state index in [4.69, 9.17) is 5.73 Å². The minimum Gasteiger partial charge on any atom is -0.329 e. The Kier molecular flexibility index (Phi) is 5.71. The third kappa shape index (κ3) is 5.12. The summed E-state index contributed by atoms with van der Waals surface area (Å²) in [6, 6.07) is 6.13. The van der Waals surface area contributed by atoms with E-state index in [-0.39, 0.29) is 22.7 Å². The average Bonchev–Trinajstić information content (AvgIpc) is 2.30. The fraction of sp³-hybridized carbons (Fsp3) is 0.333. The Balaban J connectivity index is 2.71. The number of thioether (sulfide) groups is 1. The molecule has 0 saturated carbocycles. The number of hydrogen-bond acceptors (Lipinski definition) is 3. The van der Waals surface area contributed by atoms with Gasteiger partial charge in [0.25, 0.3) is 0 Å². The van der Waals surface area contributed by atoms with Crippen LogP contribution in [0.15, 0.2) is 41.8 Å². The first-order chi connectivity index (χ1) is 8.46. The van der Waals surface area contributed by atoms with Crippen LogP contribution in [0, 0.1) is 0 Å². The molecule has 6 heteroatoms. The van der Waals surface area contributed by atoms with Gasteiger partial charge in [-0.2, -0.15) is 13.2 Å². The standard InChI is InChI=1S/C12H15F3N2S/c1-2-7-17-11(8-16)9-3-5-10(6-4-9)18-12(13,14)15/h2-6,11,17H,1,7-8,16H2. The lowest BCUT2D eigenvalue weighted by Crippen LogP contribution is -2.28. The van der Waals surface area contributed by atoms with Crippen LogP contribution in [0.25, 0.3) is 0 Å². The molecule has 18 heavy (non-hydrogen) atoms. The predicted octanol–water partition coefficient (Wildman–Crippen LogP) is 3.07. The van der Waals surface area contributed by atoms with Crippen molar-refractivity contribution in [3.8, 4) is 0 Å². The van der Waals surface area contributed by atoms with Gasteiger partial charge in [0.1, 0.15) is 0 Å². The molecule has 0 aliphatic carbocycles. The van der Waals surface area contributed by atoms with Gasteiger partial charge in [-0.3, -0.25) is 0 Å². The summed E-state index contributed by atoms with van der Waals surface area (Å²) in [4.78, 5) is 0.172. The molecule has 0 amide bonds. The third-order valence-electron chi connectivity index (χ3n) is 2.26. The van der Waals surface area contributed by atoms with Crippen molar-refractivity contribution in [3.63, 3.8) is 0 Å². The van der Waals surface area contributed by atoms with Crippen LogP contribution < -0.4 is 11.1 Å². The predicted molar refractivity (Wildman–Crippen MR) is 68.3 cm³/mol. The van der Waals surface area contributed by atoms with Gasteiger partial charge < -0.3 is 11.1 Å². The van der Waals surface area contributed by atoms with E-state index in [9.17, 15) is 13.2 Å². The number of nitrogens with one attached hydrogen (secondary N) is 1. The molecule has 1 aromatic carbocycles. The molecule has 0 saturated heterocycles. The van der Waals surface area contributed by atoms with Crippen molar-refractivity contribution in [2.45, 2.75) is 16.4 Å². The van der Waals surface area contributed by atoms with Crippen LogP contribution in [-0.2, 0) is 0 Å². The Morgan fingerprint density at radius 3 is 2.39 bits per heavy atom. The molecule has 0 radical (unpaired) electrons. The fourth-order valence-corrected chi connectivity index (χ4v) is 2.00. The van der Waals surface area contributed by atoms with Crippen molar-refractivity contribution in [2.75, 3.05) is 13.1 Å². The molecule has 2 nitrogen and oxygen atoms in total. The molecule has 0 aromatic heterocycles. The lowest BCUT2D eigenvalue weighted by Gasteiger charge is -2.16. The quantitative estimate of drug-likeness (QED) is 0.619. The van der Waals surface area contributed by atoms with Crippen molar-refractivity contribution < 1.29 is 13.2 Å². The zero-order chi connectivity index (χ0) is 13.6. The van der Waals surface area contributed by atoms with Gasteiger partial charge >= 0.3 is 5.51 Å². The molecule has 1 aromatic rings. The summed E-state index contributed by atoms with van der Waals surface area (Å²) >= 11 is -0.121. The molecule has 1 atom stereocenters. The lowest BCUT2D eigenvalue weighted by molar-refractivity contribution is -0.0328. The van der Waals surface area contributed by atoms with E-state index >= 15 is 0 Å². The van der Waals surface area contributed by atoms with Crippen molar-refractivity contribution in [3.05, 3.63) is 42.5 Å². The van der Waals surface area contributed by atoms with Gasteiger partial charge in [-0.1, -0.05) is 18.2 Å². The Labute approximate surface area is 108 Å². The summed E-state index contributed by atoms with van der Waals surface area (Å²) < 4.78 is 36.5. The number of alkyl halides is 3. The molecule has 3 N–H and O–H groups in total. The Morgan fingerprint density at radius 1 is 1.33 bits per heavy atom. The first-order valence-electron chi connectivity index (χ1n) is 5.36.